The highest BCUT2D eigenvalue weighted by molar-refractivity contribution is 7.26. The highest BCUT2D eigenvalue weighted by Crippen LogP contribution is 2.38. The Morgan fingerprint density at radius 1 is 1.08 bits per heavy atom. The first-order chi connectivity index (χ1) is 22.6. The Hall–Kier alpha value is -2.68. The van der Waals surface area contributed by atoms with Crippen molar-refractivity contribution in [1.29, 1.82) is 0 Å². The molecule has 2 bridgehead atoms. The van der Waals surface area contributed by atoms with Crippen molar-refractivity contribution in [3.63, 3.8) is 0 Å². The van der Waals surface area contributed by atoms with Crippen LogP contribution in [0.4, 0.5) is 0 Å². The fraction of sp³-hybridized carbons (Fsp3) is 0.649. The molecule has 1 aromatic heterocycles. The Morgan fingerprint density at radius 3 is 2.37 bits per heavy atom. The Kier molecular flexibility index (Phi) is 13.8. The number of ketones is 1. The summed E-state index contributed by atoms with van der Waals surface area (Å²) in [6.45, 7) is 26.0. The molecule has 4 atom stereocenters. The molecular formula is C37H59N3O6SSi2. The van der Waals surface area contributed by atoms with E-state index in [4.69, 9.17) is 14.1 Å². The SMILES string of the molecule is CC1=CC(O[Si](C)(C)C(C)(C)C)CC(=O)Cc2nc(c([Si](C)(C)C)s2)C(=O)N2CCC[C@@H]2C(=O)O[C@H](C(C)C)[C@H](C)/C=C/C(=O)NCC=C1. The summed E-state index contributed by atoms with van der Waals surface area (Å²) in [4.78, 5) is 60.6. The zero-order valence-corrected chi connectivity index (χ0v) is 34.6. The molecule has 0 spiro atoms. The summed E-state index contributed by atoms with van der Waals surface area (Å²) in [6, 6.07) is -0.717. The zero-order chi connectivity index (χ0) is 36.9. The fourth-order valence-corrected chi connectivity index (χ4v) is 10.4. The van der Waals surface area contributed by atoms with Crippen molar-refractivity contribution < 1.29 is 28.3 Å². The van der Waals surface area contributed by atoms with E-state index in [2.05, 4.69) is 58.8 Å². The maximum absolute atomic E-state index is 14.2. The number of carbonyl (C=O) groups excluding carboxylic acids is 4. The lowest BCUT2D eigenvalue weighted by molar-refractivity contribution is -0.158. The zero-order valence-electron chi connectivity index (χ0n) is 31.8. The lowest BCUT2D eigenvalue weighted by Crippen LogP contribution is -2.47. The predicted octanol–water partition coefficient (Wildman–Crippen LogP) is 6.58. The number of nitrogens with one attached hydrogen (secondary N) is 1. The fourth-order valence-electron chi connectivity index (χ4n) is 5.86. The van der Waals surface area contributed by atoms with Crippen molar-refractivity contribution in [3.05, 3.63) is 46.7 Å². The minimum Gasteiger partial charge on any atom is -0.460 e. The third kappa shape index (κ3) is 11.2. The number of thiazole rings is 1. The molecule has 1 saturated heterocycles. The smallest absolute Gasteiger partial charge is 0.329 e. The molecule has 12 heteroatoms. The molecule has 1 fully saturated rings. The van der Waals surface area contributed by atoms with Gasteiger partial charge in [0.1, 0.15) is 28.6 Å². The summed E-state index contributed by atoms with van der Waals surface area (Å²) in [7, 11) is -4.28. The number of aromatic nitrogens is 1. The summed E-state index contributed by atoms with van der Waals surface area (Å²) >= 11 is 1.46. The molecule has 1 unspecified atom stereocenters. The standard InChI is InChI=1S/C37H59N3O6SSi2/c1-24(2)33-26(4)17-18-30(42)38-19-13-15-25(3)21-28(46-49(11,12)37(5,6)7)22-27(41)23-31-39-32(36(47-31)48(8,9)10)34(43)40-20-14-16-29(40)35(44)45-33/h13,15,17-18,21,24,26,28-29,33H,14,16,19-20,22-23H2,1-12H3,(H,38,42)/b15-13?,18-17+,25-21?/t26-,28?,29-,33-/m1/s1. The van der Waals surface area contributed by atoms with E-state index < -0.39 is 40.6 Å². The van der Waals surface area contributed by atoms with Gasteiger partial charge in [-0.3, -0.25) is 14.4 Å². The highest BCUT2D eigenvalue weighted by atomic mass is 32.1. The Bertz CT molecular complexity index is 1470. The van der Waals surface area contributed by atoms with Gasteiger partial charge in [0.05, 0.1) is 20.6 Å². The van der Waals surface area contributed by atoms with Gasteiger partial charge in [0.25, 0.3) is 5.91 Å². The average molecular weight is 730 g/mol. The Balaban J connectivity index is 2.06. The van der Waals surface area contributed by atoms with Crippen molar-refractivity contribution in [2.45, 2.75) is 130 Å². The van der Waals surface area contributed by atoms with Crippen LogP contribution in [-0.4, -0.2) is 81.2 Å². The quantitative estimate of drug-likeness (QED) is 0.275. The van der Waals surface area contributed by atoms with Crippen molar-refractivity contribution in [2.75, 3.05) is 13.1 Å². The first-order valence-electron chi connectivity index (χ1n) is 17.6. The van der Waals surface area contributed by atoms with Crippen LogP contribution >= 0.6 is 11.3 Å². The lowest BCUT2D eigenvalue weighted by atomic mass is 9.94. The first kappa shape index (κ1) is 40.8. The molecule has 3 heterocycles. The highest BCUT2D eigenvalue weighted by Gasteiger charge is 2.41. The number of nitrogens with zero attached hydrogens (tertiary/aromatic N) is 2. The van der Waals surface area contributed by atoms with E-state index in [0.717, 1.165) is 10.1 Å². The normalized spacial score (nSPS) is 25.2. The van der Waals surface area contributed by atoms with Gasteiger partial charge in [0.2, 0.25) is 5.91 Å². The molecule has 2 aliphatic rings. The van der Waals surface area contributed by atoms with Crippen molar-refractivity contribution >= 4 is 55.8 Å². The number of carbonyl (C=O) groups is 4. The summed E-state index contributed by atoms with van der Waals surface area (Å²) in [5.41, 5.74) is 1.29. The maximum atomic E-state index is 14.2. The minimum atomic E-state index is -2.23. The average Bonchev–Trinajstić information content (AvgIpc) is 3.63. The monoisotopic (exact) mass is 729 g/mol. The van der Waals surface area contributed by atoms with E-state index in [1.54, 1.807) is 11.0 Å². The first-order valence-corrected chi connectivity index (χ1v) is 24.9. The van der Waals surface area contributed by atoms with E-state index in [1.807, 2.05) is 45.9 Å². The van der Waals surface area contributed by atoms with Crippen LogP contribution in [0.1, 0.15) is 83.2 Å². The second-order valence-corrected chi connectivity index (χ2v) is 27.7. The van der Waals surface area contributed by atoms with E-state index in [9.17, 15) is 19.2 Å². The summed E-state index contributed by atoms with van der Waals surface area (Å²) in [5, 5.41) is 3.44. The predicted molar refractivity (Wildman–Crippen MR) is 203 cm³/mol. The Labute approximate surface area is 300 Å². The molecule has 0 saturated carbocycles. The number of amides is 2. The van der Waals surface area contributed by atoms with Crippen LogP contribution in [0.2, 0.25) is 37.8 Å². The van der Waals surface area contributed by atoms with Crippen LogP contribution in [-0.2, 0) is 30.0 Å². The molecule has 272 valence electrons. The number of fused-ring (bicyclic) bond motifs is 3. The topological polar surface area (TPSA) is 115 Å². The number of hydrogen-bond acceptors (Lipinski definition) is 8. The largest absolute Gasteiger partial charge is 0.460 e. The molecule has 49 heavy (non-hydrogen) atoms. The molecule has 1 N–H and O–H groups in total. The number of hydrogen-bond donors (Lipinski definition) is 1. The van der Waals surface area contributed by atoms with Crippen molar-refractivity contribution in [1.82, 2.24) is 15.2 Å². The number of esters is 1. The molecule has 9 nitrogen and oxygen atoms in total. The molecule has 0 aromatic carbocycles. The summed E-state index contributed by atoms with van der Waals surface area (Å²) in [6.07, 6.45) is 9.62. The second kappa shape index (κ2) is 16.6. The number of ether oxygens (including phenoxy) is 1. The van der Waals surface area contributed by atoms with Crippen LogP contribution in [0.5, 0.6) is 0 Å². The van der Waals surface area contributed by atoms with Gasteiger partial charge in [0.15, 0.2) is 8.32 Å². The number of rotatable bonds is 4. The summed E-state index contributed by atoms with van der Waals surface area (Å²) < 4.78 is 13.8. The molecule has 2 amide bonds. The lowest BCUT2D eigenvalue weighted by Gasteiger charge is -2.38. The van der Waals surface area contributed by atoms with Crippen LogP contribution in [0, 0.1) is 11.8 Å². The molecule has 0 aliphatic carbocycles. The van der Waals surface area contributed by atoms with Crippen LogP contribution in [0.3, 0.4) is 0 Å². The van der Waals surface area contributed by atoms with Crippen LogP contribution in [0.25, 0.3) is 0 Å². The minimum absolute atomic E-state index is 0.00837. The van der Waals surface area contributed by atoms with Gasteiger partial charge >= 0.3 is 5.97 Å². The van der Waals surface area contributed by atoms with Gasteiger partial charge in [0, 0.05) is 29.9 Å². The Morgan fingerprint density at radius 2 is 1.76 bits per heavy atom. The molecule has 1 aromatic rings. The molecular weight excluding hydrogens is 671 g/mol. The van der Waals surface area contributed by atoms with E-state index in [-0.39, 0.29) is 47.3 Å². The van der Waals surface area contributed by atoms with E-state index in [1.165, 1.54) is 17.4 Å². The van der Waals surface area contributed by atoms with Gasteiger partial charge in [-0.2, -0.15) is 0 Å². The van der Waals surface area contributed by atoms with E-state index >= 15 is 0 Å². The molecule has 3 rings (SSSR count). The molecule has 2 aliphatic heterocycles. The second-order valence-electron chi connectivity index (χ2n) is 16.5. The van der Waals surface area contributed by atoms with Crippen LogP contribution < -0.4 is 9.82 Å². The third-order valence-electron chi connectivity index (χ3n) is 9.57. The van der Waals surface area contributed by atoms with Gasteiger partial charge in [-0.25, -0.2) is 9.78 Å². The van der Waals surface area contributed by atoms with Gasteiger partial charge in [-0.15, -0.1) is 11.3 Å². The van der Waals surface area contributed by atoms with Gasteiger partial charge < -0.3 is 19.4 Å². The summed E-state index contributed by atoms with van der Waals surface area (Å²) in [5.74, 6) is -1.21. The third-order valence-corrected chi connectivity index (χ3v) is 18.7. The van der Waals surface area contributed by atoms with Crippen LogP contribution in [0.15, 0.2) is 36.0 Å². The van der Waals surface area contributed by atoms with Crippen molar-refractivity contribution in [3.8, 4) is 0 Å². The van der Waals surface area contributed by atoms with E-state index in [0.29, 0.717) is 36.6 Å². The molecule has 0 radical (unpaired) electrons. The number of allylic oxidation sites excluding steroid dienone is 2. The van der Waals surface area contributed by atoms with Gasteiger partial charge in [-0.1, -0.05) is 91.1 Å². The number of Topliss-reactive ketones (excluding diaryl/α,β-unsaturated/α-hetero) is 1. The number of cyclic esters (lactones) is 1. The van der Waals surface area contributed by atoms with Gasteiger partial charge in [-0.05, 0) is 49.9 Å². The van der Waals surface area contributed by atoms with Crippen molar-refractivity contribution in [2.24, 2.45) is 11.8 Å². The maximum Gasteiger partial charge on any atom is 0.329 e.